The maximum Gasteiger partial charge on any atom is 0.164 e. The van der Waals surface area contributed by atoms with E-state index in [-0.39, 0.29) is 24.4 Å². The van der Waals surface area contributed by atoms with Crippen molar-refractivity contribution in [1.82, 2.24) is 0 Å². The zero-order valence-corrected chi connectivity index (χ0v) is 11.3. The lowest BCUT2D eigenvalue weighted by Gasteiger charge is -2.35. The minimum Gasteiger partial charge on any atom is -0.342 e. The highest BCUT2D eigenvalue weighted by molar-refractivity contribution is 4.93. The van der Waals surface area contributed by atoms with Crippen molar-refractivity contribution in [2.45, 2.75) is 83.6 Å². The fourth-order valence-electron chi connectivity index (χ4n) is 2.64. The molecule has 4 atom stereocenters. The summed E-state index contributed by atoms with van der Waals surface area (Å²) in [4.78, 5) is 11.0. The summed E-state index contributed by atoms with van der Waals surface area (Å²) in [6.07, 6.45) is 4.02. The molecular weight excluding hydrogens is 220 g/mol. The van der Waals surface area contributed by atoms with Crippen molar-refractivity contribution < 1.29 is 19.2 Å². The third kappa shape index (κ3) is 2.81. The summed E-state index contributed by atoms with van der Waals surface area (Å²) in [5, 5.41) is 0. The Balaban J connectivity index is 2.08. The van der Waals surface area contributed by atoms with Crippen LogP contribution in [-0.2, 0) is 19.2 Å². The largest absolute Gasteiger partial charge is 0.342 e. The van der Waals surface area contributed by atoms with Crippen LogP contribution in [0.4, 0.5) is 0 Å². The van der Waals surface area contributed by atoms with Crippen LogP contribution in [0.1, 0.15) is 53.4 Å². The van der Waals surface area contributed by atoms with Gasteiger partial charge in [0.15, 0.2) is 5.79 Å². The molecule has 2 fully saturated rings. The molecule has 4 nitrogen and oxygen atoms in total. The second-order valence-corrected chi connectivity index (χ2v) is 5.41. The normalized spacial score (nSPS) is 40.2. The zero-order valence-electron chi connectivity index (χ0n) is 11.3. The molecule has 0 N–H and O–H groups in total. The van der Waals surface area contributed by atoms with Crippen molar-refractivity contribution in [2.75, 3.05) is 0 Å². The first-order chi connectivity index (χ1) is 8.07. The average Bonchev–Trinajstić information content (AvgIpc) is 2.58. The maximum atomic E-state index is 5.97. The van der Waals surface area contributed by atoms with Crippen LogP contribution in [0.2, 0.25) is 0 Å². The molecule has 0 bridgehead atoms. The molecule has 0 saturated carbocycles. The SMILES string of the molecule is CCC[C@@H]1OO[C@H](CCC)[C@H]2OC(C)(C)O[C@H]21. The van der Waals surface area contributed by atoms with Gasteiger partial charge in [-0.2, -0.15) is 0 Å². The van der Waals surface area contributed by atoms with Crippen LogP contribution >= 0.6 is 0 Å². The Morgan fingerprint density at radius 3 is 1.59 bits per heavy atom. The van der Waals surface area contributed by atoms with Crippen molar-refractivity contribution in [3.63, 3.8) is 0 Å². The molecule has 0 radical (unpaired) electrons. The van der Waals surface area contributed by atoms with Gasteiger partial charge in [0.1, 0.15) is 24.4 Å². The van der Waals surface area contributed by atoms with Gasteiger partial charge < -0.3 is 9.47 Å². The van der Waals surface area contributed by atoms with E-state index in [0.717, 1.165) is 25.7 Å². The monoisotopic (exact) mass is 244 g/mol. The lowest BCUT2D eigenvalue weighted by atomic mass is 9.97. The van der Waals surface area contributed by atoms with Crippen LogP contribution in [0.5, 0.6) is 0 Å². The molecule has 100 valence electrons. The Morgan fingerprint density at radius 1 is 0.824 bits per heavy atom. The number of rotatable bonds is 4. The first-order valence-electron chi connectivity index (χ1n) is 6.75. The lowest BCUT2D eigenvalue weighted by Crippen LogP contribution is -2.50. The molecule has 0 spiro atoms. The van der Waals surface area contributed by atoms with Gasteiger partial charge in [0.2, 0.25) is 0 Å². The van der Waals surface area contributed by atoms with Crippen molar-refractivity contribution in [3.05, 3.63) is 0 Å². The predicted molar refractivity (Wildman–Crippen MR) is 63.4 cm³/mol. The molecule has 0 amide bonds. The van der Waals surface area contributed by atoms with Crippen LogP contribution in [0.25, 0.3) is 0 Å². The summed E-state index contributed by atoms with van der Waals surface area (Å²) in [6, 6.07) is 0. The highest BCUT2D eigenvalue weighted by Crippen LogP contribution is 2.38. The van der Waals surface area contributed by atoms with Gasteiger partial charge >= 0.3 is 0 Å². The van der Waals surface area contributed by atoms with Crippen LogP contribution < -0.4 is 0 Å². The van der Waals surface area contributed by atoms with Crippen LogP contribution in [-0.4, -0.2) is 30.2 Å². The van der Waals surface area contributed by atoms with Crippen LogP contribution in [0.15, 0.2) is 0 Å². The smallest absolute Gasteiger partial charge is 0.164 e. The molecular formula is C13H24O4. The number of fused-ring (bicyclic) bond motifs is 1. The summed E-state index contributed by atoms with van der Waals surface area (Å²) in [6.45, 7) is 8.18. The van der Waals surface area contributed by atoms with E-state index in [1.54, 1.807) is 0 Å². The molecule has 17 heavy (non-hydrogen) atoms. The van der Waals surface area contributed by atoms with E-state index < -0.39 is 5.79 Å². The van der Waals surface area contributed by atoms with E-state index in [1.807, 2.05) is 13.8 Å². The van der Waals surface area contributed by atoms with E-state index in [4.69, 9.17) is 19.2 Å². The van der Waals surface area contributed by atoms with E-state index >= 15 is 0 Å². The molecule has 2 heterocycles. The third-order valence-electron chi connectivity index (χ3n) is 3.35. The fourth-order valence-corrected chi connectivity index (χ4v) is 2.64. The first kappa shape index (κ1) is 13.3. The van der Waals surface area contributed by atoms with Gasteiger partial charge in [-0.05, 0) is 26.7 Å². The van der Waals surface area contributed by atoms with Crippen molar-refractivity contribution in [3.8, 4) is 0 Å². The molecule has 2 saturated heterocycles. The standard InChI is InChI=1S/C13H24O4/c1-5-7-9-11-12(15-13(3,4)14-11)10(8-6-2)17-16-9/h9-12H,5-8H2,1-4H3/t9-,10+,11-,12+. The van der Waals surface area contributed by atoms with Gasteiger partial charge in [0.25, 0.3) is 0 Å². The van der Waals surface area contributed by atoms with Gasteiger partial charge in [-0.25, -0.2) is 9.78 Å². The quantitative estimate of drug-likeness (QED) is 0.713. The fraction of sp³-hybridized carbons (Fsp3) is 1.00. The summed E-state index contributed by atoms with van der Waals surface area (Å²) in [5.41, 5.74) is 0. The molecule has 0 aromatic carbocycles. The number of hydrogen-bond donors (Lipinski definition) is 0. The second-order valence-electron chi connectivity index (χ2n) is 5.41. The first-order valence-corrected chi connectivity index (χ1v) is 6.75. The Labute approximate surface area is 103 Å². The van der Waals surface area contributed by atoms with Crippen LogP contribution in [0, 0.1) is 0 Å². The Bertz CT molecular complexity index is 230. The van der Waals surface area contributed by atoms with E-state index in [9.17, 15) is 0 Å². The minimum atomic E-state index is -0.523. The van der Waals surface area contributed by atoms with E-state index in [2.05, 4.69) is 13.8 Å². The summed E-state index contributed by atoms with van der Waals surface area (Å²) in [7, 11) is 0. The number of hydrogen-bond acceptors (Lipinski definition) is 4. The van der Waals surface area contributed by atoms with E-state index in [0.29, 0.717) is 0 Å². The Kier molecular flexibility index (Phi) is 4.08. The van der Waals surface area contributed by atoms with Gasteiger partial charge in [-0.3, -0.25) is 0 Å². The number of ether oxygens (including phenoxy) is 2. The third-order valence-corrected chi connectivity index (χ3v) is 3.35. The van der Waals surface area contributed by atoms with Gasteiger partial charge in [0.05, 0.1) is 0 Å². The van der Waals surface area contributed by atoms with Crippen molar-refractivity contribution in [1.29, 1.82) is 0 Å². The molecule has 2 aliphatic heterocycles. The van der Waals surface area contributed by atoms with Gasteiger partial charge in [-0.15, -0.1) is 0 Å². The van der Waals surface area contributed by atoms with E-state index in [1.165, 1.54) is 0 Å². The summed E-state index contributed by atoms with van der Waals surface area (Å²) < 4.78 is 11.9. The summed E-state index contributed by atoms with van der Waals surface area (Å²) >= 11 is 0. The van der Waals surface area contributed by atoms with Crippen molar-refractivity contribution >= 4 is 0 Å². The molecule has 0 aromatic rings. The zero-order chi connectivity index (χ0) is 12.5. The minimum absolute atomic E-state index is 0.000110. The molecule has 4 heteroatoms. The van der Waals surface area contributed by atoms with Gasteiger partial charge in [0, 0.05) is 0 Å². The highest BCUT2D eigenvalue weighted by atomic mass is 17.2. The highest BCUT2D eigenvalue weighted by Gasteiger charge is 2.52. The molecule has 0 aromatic heterocycles. The molecule has 0 aliphatic carbocycles. The lowest BCUT2D eigenvalue weighted by molar-refractivity contribution is -0.402. The topological polar surface area (TPSA) is 36.9 Å². The Morgan fingerprint density at radius 2 is 1.24 bits per heavy atom. The molecule has 0 unspecified atom stereocenters. The molecule has 2 rings (SSSR count). The Hall–Kier alpha value is -0.160. The van der Waals surface area contributed by atoms with Gasteiger partial charge in [-0.1, -0.05) is 26.7 Å². The maximum absolute atomic E-state index is 5.97. The molecule has 2 aliphatic rings. The summed E-state index contributed by atoms with van der Waals surface area (Å²) in [5.74, 6) is -0.523. The van der Waals surface area contributed by atoms with Crippen LogP contribution in [0.3, 0.4) is 0 Å². The predicted octanol–water partition coefficient (Wildman–Crippen LogP) is 2.81. The average molecular weight is 244 g/mol. The second kappa shape index (κ2) is 5.22. The van der Waals surface area contributed by atoms with Crippen molar-refractivity contribution in [2.24, 2.45) is 0 Å².